The van der Waals surface area contributed by atoms with Crippen molar-refractivity contribution in [2.24, 2.45) is 5.92 Å². The van der Waals surface area contributed by atoms with E-state index in [2.05, 4.69) is 31.2 Å². The Morgan fingerprint density at radius 3 is 2.65 bits per heavy atom. The second-order valence-electron chi connectivity index (χ2n) is 9.41. The van der Waals surface area contributed by atoms with E-state index in [-0.39, 0.29) is 11.4 Å². The Hall–Kier alpha value is -3.20. The second kappa shape index (κ2) is 10.8. The number of carbonyl (C=O) groups excluding carboxylic acids is 2. The zero-order valence-corrected chi connectivity index (χ0v) is 19.9. The summed E-state index contributed by atoms with van der Waals surface area (Å²) >= 11 is 0. The molecule has 1 aliphatic carbocycles. The molecule has 2 heterocycles. The van der Waals surface area contributed by atoms with Crippen LogP contribution in [0.25, 0.3) is 0 Å². The Morgan fingerprint density at radius 2 is 1.97 bits per heavy atom. The predicted octanol–water partition coefficient (Wildman–Crippen LogP) is 3.87. The third-order valence-electron chi connectivity index (χ3n) is 6.76. The number of nitrogens with one attached hydrogen (secondary N) is 4. The van der Waals surface area contributed by atoms with Crippen LogP contribution in [-0.4, -0.2) is 47.6 Å². The van der Waals surface area contributed by atoms with E-state index in [1.807, 2.05) is 6.92 Å². The molecule has 9 nitrogen and oxygen atoms in total. The highest BCUT2D eigenvalue weighted by Crippen LogP contribution is 2.34. The lowest BCUT2D eigenvalue weighted by atomic mass is 9.78. The molecule has 0 spiro atoms. The van der Waals surface area contributed by atoms with Crippen molar-refractivity contribution in [1.82, 2.24) is 20.6 Å². The molecule has 0 radical (unpaired) electrons. The van der Waals surface area contributed by atoms with E-state index in [0.29, 0.717) is 28.7 Å². The number of ether oxygens (including phenoxy) is 1. The summed E-state index contributed by atoms with van der Waals surface area (Å²) in [5, 5.41) is 12.1. The van der Waals surface area contributed by atoms with Crippen LogP contribution >= 0.6 is 0 Å². The third kappa shape index (κ3) is 6.02. The highest BCUT2D eigenvalue weighted by atomic mass is 16.5. The Kier molecular flexibility index (Phi) is 7.62. The Balaban J connectivity index is 1.41. The number of rotatable bonds is 7. The fourth-order valence-corrected chi connectivity index (χ4v) is 5.00. The SMILES string of the molecule is COc1cc(C(=O)NC2(CC3CCCCC3)CCNC2)ccc1NC(=O)Nc1cnc(C)cn1. The van der Waals surface area contributed by atoms with E-state index < -0.39 is 6.03 Å². The predicted molar refractivity (Wildman–Crippen MR) is 131 cm³/mol. The Labute approximate surface area is 200 Å². The van der Waals surface area contributed by atoms with E-state index in [9.17, 15) is 9.59 Å². The molecule has 1 saturated carbocycles. The number of carbonyl (C=O) groups is 2. The van der Waals surface area contributed by atoms with Gasteiger partial charge in [0.2, 0.25) is 0 Å². The van der Waals surface area contributed by atoms with Crippen LogP contribution in [0, 0.1) is 12.8 Å². The van der Waals surface area contributed by atoms with Gasteiger partial charge < -0.3 is 20.7 Å². The number of methoxy groups -OCH3 is 1. The molecule has 9 heteroatoms. The first-order valence-electron chi connectivity index (χ1n) is 12.0. The van der Waals surface area contributed by atoms with Gasteiger partial charge in [-0.3, -0.25) is 15.1 Å². The highest BCUT2D eigenvalue weighted by molar-refractivity contribution is 6.01. The van der Waals surface area contributed by atoms with Gasteiger partial charge >= 0.3 is 6.03 Å². The second-order valence-corrected chi connectivity index (χ2v) is 9.41. The number of anilines is 2. The largest absolute Gasteiger partial charge is 0.495 e. The maximum absolute atomic E-state index is 13.2. The number of hydrogen-bond acceptors (Lipinski definition) is 6. The molecule has 1 aromatic carbocycles. The van der Waals surface area contributed by atoms with Gasteiger partial charge in [0.1, 0.15) is 5.75 Å². The normalized spacial score (nSPS) is 20.5. The summed E-state index contributed by atoms with van der Waals surface area (Å²) < 4.78 is 5.46. The summed E-state index contributed by atoms with van der Waals surface area (Å²) in [6, 6.07) is 4.56. The zero-order chi connectivity index (χ0) is 24.0. The number of aryl methyl sites for hydroxylation is 1. The highest BCUT2D eigenvalue weighted by Gasteiger charge is 2.38. The number of urea groups is 1. The van der Waals surface area contributed by atoms with Crippen LogP contribution in [-0.2, 0) is 0 Å². The molecule has 34 heavy (non-hydrogen) atoms. The summed E-state index contributed by atoms with van der Waals surface area (Å²) in [7, 11) is 1.51. The van der Waals surface area contributed by atoms with Gasteiger partial charge in [-0.1, -0.05) is 32.1 Å². The van der Waals surface area contributed by atoms with Crippen molar-refractivity contribution in [3.8, 4) is 5.75 Å². The van der Waals surface area contributed by atoms with Crippen LogP contribution in [0.3, 0.4) is 0 Å². The van der Waals surface area contributed by atoms with E-state index in [4.69, 9.17) is 4.74 Å². The van der Waals surface area contributed by atoms with E-state index in [0.717, 1.165) is 31.6 Å². The minimum atomic E-state index is -0.475. The number of amides is 3. The molecule has 1 saturated heterocycles. The van der Waals surface area contributed by atoms with Crippen molar-refractivity contribution >= 4 is 23.4 Å². The average Bonchev–Trinajstić information content (AvgIpc) is 3.29. The fourth-order valence-electron chi connectivity index (χ4n) is 5.00. The van der Waals surface area contributed by atoms with E-state index in [1.165, 1.54) is 45.4 Å². The van der Waals surface area contributed by atoms with Crippen LogP contribution in [0.15, 0.2) is 30.6 Å². The quantitative estimate of drug-likeness (QED) is 0.492. The molecule has 0 bridgehead atoms. The van der Waals surface area contributed by atoms with Gasteiger partial charge in [-0.15, -0.1) is 0 Å². The van der Waals surface area contributed by atoms with Crippen LogP contribution < -0.4 is 26.0 Å². The molecule has 1 aliphatic heterocycles. The summed E-state index contributed by atoms with van der Waals surface area (Å²) in [4.78, 5) is 33.8. The van der Waals surface area contributed by atoms with Crippen LogP contribution in [0.5, 0.6) is 5.75 Å². The first kappa shape index (κ1) is 23.9. The lowest BCUT2D eigenvalue weighted by Gasteiger charge is -2.35. The minimum absolute atomic E-state index is 0.122. The number of nitrogens with zero attached hydrogens (tertiary/aromatic N) is 2. The standard InChI is InChI=1S/C25H34N6O3/c1-17-14-28-22(15-27-17)30-24(33)29-20-9-8-19(12-21(20)34-2)23(32)31-25(10-11-26-16-25)13-18-6-4-3-5-7-18/h8-9,12,14-15,18,26H,3-7,10-11,13,16H2,1-2H3,(H,31,32)(H2,28,29,30,33). The van der Waals surface area contributed by atoms with Gasteiger partial charge in [0.05, 0.1) is 36.4 Å². The Morgan fingerprint density at radius 1 is 1.15 bits per heavy atom. The van der Waals surface area contributed by atoms with Crippen LogP contribution in [0.1, 0.15) is 61.0 Å². The topological polar surface area (TPSA) is 117 Å². The number of aromatic nitrogens is 2. The van der Waals surface area contributed by atoms with Crippen molar-refractivity contribution in [2.75, 3.05) is 30.8 Å². The minimum Gasteiger partial charge on any atom is -0.495 e. The monoisotopic (exact) mass is 466 g/mol. The van der Waals surface area contributed by atoms with Gasteiger partial charge in [0, 0.05) is 12.1 Å². The third-order valence-corrected chi connectivity index (χ3v) is 6.76. The lowest BCUT2D eigenvalue weighted by molar-refractivity contribution is 0.0885. The van der Waals surface area contributed by atoms with Crippen LogP contribution in [0.2, 0.25) is 0 Å². The number of benzene rings is 1. The molecule has 2 aromatic rings. The molecule has 1 atom stereocenters. The van der Waals surface area contributed by atoms with Crippen molar-refractivity contribution in [3.63, 3.8) is 0 Å². The van der Waals surface area contributed by atoms with E-state index >= 15 is 0 Å². The summed E-state index contributed by atoms with van der Waals surface area (Å²) in [5.41, 5.74) is 1.51. The maximum atomic E-state index is 13.2. The first-order chi connectivity index (χ1) is 16.5. The first-order valence-corrected chi connectivity index (χ1v) is 12.0. The average molecular weight is 467 g/mol. The summed E-state index contributed by atoms with van der Waals surface area (Å²) in [6.45, 7) is 3.54. The maximum Gasteiger partial charge on any atom is 0.324 e. The molecule has 1 aromatic heterocycles. The summed E-state index contributed by atoms with van der Waals surface area (Å²) in [6.07, 6.45) is 11.4. The molecule has 2 fully saturated rings. The van der Waals surface area contributed by atoms with Crippen molar-refractivity contribution in [2.45, 2.75) is 57.4 Å². The van der Waals surface area contributed by atoms with Crippen LogP contribution in [0.4, 0.5) is 16.3 Å². The summed E-state index contributed by atoms with van der Waals surface area (Å²) in [5.74, 6) is 1.30. The molecule has 3 amide bonds. The van der Waals surface area contributed by atoms with E-state index in [1.54, 1.807) is 24.4 Å². The lowest BCUT2D eigenvalue weighted by Crippen LogP contribution is -2.51. The Bertz CT molecular complexity index is 998. The zero-order valence-electron chi connectivity index (χ0n) is 19.9. The molecule has 182 valence electrons. The molecule has 2 aliphatic rings. The molecular weight excluding hydrogens is 432 g/mol. The molecule has 1 unspecified atom stereocenters. The fraction of sp³-hybridized carbons (Fsp3) is 0.520. The van der Waals surface area contributed by atoms with Gasteiger partial charge in [-0.2, -0.15) is 0 Å². The van der Waals surface area contributed by atoms with Gasteiger partial charge in [0.15, 0.2) is 5.82 Å². The molecular formula is C25H34N6O3. The van der Waals surface area contributed by atoms with Crippen molar-refractivity contribution in [3.05, 3.63) is 41.9 Å². The van der Waals surface area contributed by atoms with Gasteiger partial charge in [-0.05, 0) is 50.4 Å². The number of hydrogen-bond donors (Lipinski definition) is 4. The molecule has 4 rings (SSSR count). The molecule has 4 N–H and O–H groups in total. The van der Waals surface area contributed by atoms with Crippen molar-refractivity contribution < 1.29 is 14.3 Å². The van der Waals surface area contributed by atoms with Gasteiger partial charge in [0.25, 0.3) is 5.91 Å². The van der Waals surface area contributed by atoms with Gasteiger partial charge in [-0.25, -0.2) is 9.78 Å². The smallest absolute Gasteiger partial charge is 0.324 e. The van der Waals surface area contributed by atoms with Crippen molar-refractivity contribution in [1.29, 1.82) is 0 Å².